The summed E-state index contributed by atoms with van der Waals surface area (Å²) in [5.74, 6) is 1.36. The molecule has 1 N–H and O–H groups in total. The minimum absolute atomic E-state index is 0.103. The van der Waals surface area contributed by atoms with Gasteiger partial charge in [-0.15, -0.1) is 0 Å². The van der Waals surface area contributed by atoms with Crippen LogP contribution in [-0.4, -0.2) is 5.91 Å². The first-order valence-corrected chi connectivity index (χ1v) is 7.94. The monoisotopic (exact) mass is 337 g/mol. The highest BCUT2D eigenvalue weighted by molar-refractivity contribution is 6.30. The molecule has 120 valence electrons. The van der Waals surface area contributed by atoms with Gasteiger partial charge in [-0.1, -0.05) is 48.0 Å². The molecule has 0 spiro atoms. The molecule has 0 heterocycles. The van der Waals surface area contributed by atoms with Gasteiger partial charge in [-0.2, -0.15) is 0 Å². The zero-order valence-electron chi connectivity index (χ0n) is 12.9. The summed E-state index contributed by atoms with van der Waals surface area (Å²) in [5, 5.41) is 3.43. The molecule has 3 nitrogen and oxygen atoms in total. The summed E-state index contributed by atoms with van der Waals surface area (Å²) in [7, 11) is 0. The third-order valence-electron chi connectivity index (χ3n) is 3.35. The highest BCUT2D eigenvalue weighted by Crippen LogP contribution is 2.22. The van der Waals surface area contributed by atoms with Crippen molar-refractivity contribution in [2.45, 2.75) is 6.42 Å². The van der Waals surface area contributed by atoms with Gasteiger partial charge in [0.25, 0.3) is 0 Å². The molecule has 4 heteroatoms. The molecule has 0 saturated heterocycles. The minimum Gasteiger partial charge on any atom is -0.457 e. The molecule has 3 aromatic rings. The van der Waals surface area contributed by atoms with E-state index in [-0.39, 0.29) is 12.3 Å². The molecule has 0 bridgehead atoms. The van der Waals surface area contributed by atoms with Crippen molar-refractivity contribution in [3.05, 3.63) is 89.4 Å². The minimum atomic E-state index is -0.103. The van der Waals surface area contributed by atoms with Crippen LogP contribution in [0.5, 0.6) is 11.5 Å². The lowest BCUT2D eigenvalue weighted by atomic mass is 10.1. The molecule has 0 aliphatic heterocycles. The fourth-order valence-electron chi connectivity index (χ4n) is 2.30. The largest absolute Gasteiger partial charge is 0.457 e. The number of carbonyl (C=O) groups excluding carboxylic acids is 1. The van der Waals surface area contributed by atoms with Crippen LogP contribution in [0.25, 0.3) is 0 Å². The van der Waals surface area contributed by atoms with Crippen LogP contribution in [0.15, 0.2) is 78.9 Å². The number of rotatable bonds is 5. The highest BCUT2D eigenvalue weighted by Gasteiger charge is 2.06. The van der Waals surface area contributed by atoms with E-state index >= 15 is 0 Å². The number of halogens is 1. The Bertz CT molecular complexity index is 834. The molecule has 3 aromatic carbocycles. The Morgan fingerprint density at radius 1 is 0.875 bits per heavy atom. The summed E-state index contributed by atoms with van der Waals surface area (Å²) in [4.78, 5) is 12.2. The second-order valence-corrected chi connectivity index (χ2v) is 5.73. The second-order valence-electron chi connectivity index (χ2n) is 5.30. The number of ether oxygens (including phenoxy) is 1. The van der Waals surface area contributed by atoms with Crippen molar-refractivity contribution in [2.24, 2.45) is 0 Å². The SMILES string of the molecule is O=C(Cc1cccc(Oc2ccccc2)c1)Nc1cccc(Cl)c1. The Labute approximate surface area is 145 Å². The predicted octanol–water partition coefficient (Wildman–Crippen LogP) is 5.31. The first-order valence-electron chi connectivity index (χ1n) is 7.56. The third kappa shape index (κ3) is 4.61. The van der Waals surface area contributed by atoms with Crippen LogP contribution in [-0.2, 0) is 11.2 Å². The van der Waals surface area contributed by atoms with E-state index in [0.29, 0.717) is 16.5 Å². The number of anilines is 1. The highest BCUT2D eigenvalue weighted by atomic mass is 35.5. The Morgan fingerprint density at radius 3 is 2.42 bits per heavy atom. The molecule has 0 atom stereocenters. The molecular formula is C20H16ClNO2. The maximum absolute atomic E-state index is 12.2. The van der Waals surface area contributed by atoms with Gasteiger partial charge in [0.1, 0.15) is 11.5 Å². The summed E-state index contributed by atoms with van der Waals surface area (Å²) in [5.41, 5.74) is 1.56. The van der Waals surface area contributed by atoms with Crippen LogP contribution >= 0.6 is 11.6 Å². The van der Waals surface area contributed by atoms with E-state index in [1.165, 1.54) is 0 Å². The topological polar surface area (TPSA) is 38.3 Å². The lowest BCUT2D eigenvalue weighted by molar-refractivity contribution is -0.115. The summed E-state index contributed by atoms with van der Waals surface area (Å²) in [6, 6.07) is 24.1. The first kappa shape index (κ1) is 16.1. The van der Waals surface area contributed by atoms with E-state index < -0.39 is 0 Å². The van der Waals surface area contributed by atoms with Gasteiger partial charge in [-0.25, -0.2) is 0 Å². The Hall–Kier alpha value is -2.78. The van der Waals surface area contributed by atoms with Crippen LogP contribution in [0.2, 0.25) is 5.02 Å². The zero-order valence-corrected chi connectivity index (χ0v) is 13.7. The third-order valence-corrected chi connectivity index (χ3v) is 3.59. The van der Waals surface area contributed by atoms with Gasteiger partial charge in [-0.3, -0.25) is 4.79 Å². The Morgan fingerprint density at radius 2 is 1.62 bits per heavy atom. The lowest BCUT2D eigenvalue weighted by Gasteiger charge is -2.08. The molecule has 3 rings (SSSR count). The normalized spacial score (nSPS) is 10.2. The number of benzene rings is 3. The molecule has 0 aromatic heterocycles. The Kier molecular flexibility index (Phi) is 5.14. The van der Waals surface area contributed by atoms with Crippen molar-refractivity contribution >= 4 is 23.2 Å². The number of carbonyl (C=O) groups is 1. The summed E-state index contributed by atoms with van der Waals surface area (Å²) in [6.07, 6.45) is 0.262. The molecular weight excluding hydrogens is 322 g/mol. The fourth-order valence-corrected chi connectivity index (χ4v) is 2.49. The average Bonchev–Trinajstić information content (AvgIpc) is 2.56. The van der Waals surface area contributed by atoms with Crippen molar-refractivity contribution in [1.29, 1.82) is 0 Å². The van der Waals surface area contributed by atoms with Gasteiger partial charge in [0.15, 0.2) is 0 Å². The smallest absolute Gasteiger partial charge is 0.228 e. The van der Waals surface area contributed by atoms with Crippen molar-refractivity contribution in [3.63, 3.8) is 0 Å². The number of para-hydroxylation sites is 1. The van der Waals surface area contributed by atoms with Crippen molar-refractivity contribution in [1.82, 2.24) is 0 Å². The van der Waals surface area contributed by atoms with Gasteiger partial charge >= 0.3 is 0 Å². The van der Waals surface area contributed by atoms with E-state index in [9.17, 15) is 4.79 Å². The summed E-state index contributed by atoms with van der Waals surface area (Å²) in [6.45, 7) is 0. The van der Waals surface area contributed by atoms with Gasteiger partial charge < -0.3 is 10.1 Å². The molecule has 0 saturated carbocycles. The van der Waals surface area contributed by atoms with Gasteiger partial charge in [-0.05, 0) is 48.0 Å². The van der Waals surface area contributed by atoms with E-state index in [1.54, 1.807) is 24.3 Å². The maximum Gasteiger partial charge on any atom is 0.228 e. The number of hydrogen-bond acceptors (Lipinski definition) is 2. The standard InChI is InChI=1S/C20H16ClNO2/c21-16-7-5-8-17(14-16)22-20(23)13-15-6-4-11-19(12-15)24-18-9-2-1-3-10-18/h1-12,14H,13H2,(H,22,23). The number of nitrogens with one attached hydrogen (secondary N) is 1. The van der Waals surface area contributed by atoms with Crippen LogP contribution in [0.4, 0.5) is 5.69 Å². The maximum atomic E-state index is 12.2. The molecule has 1 amide bonds. The molecule has 0 aliphatic carbocycles. The molecule has 24 heavy (non-hydrogen) atoms. The van der Waals surface area contributed by atoms with E-state index in [0.717, 1.165) is 11.3 Å². The van der Waals surface area contributed by atoms with Gasteiger partial charge in [0.2, 0.25) is 5.91 Å². The molecule has 0 radical (unpaired) electrons. The quantitative estimate of drug-likeness (QED) is 0.684. The van der Waals surface area contributed by atoms with Crippen LogP contribution < -0.4 is 10.1 Å². The van der Waals surface area contributed by atoms with E-state index in [4.69, 9.17) is 16.3 Å². The average molecular weight is 338 g/mol. The predicted molar refractivity (Wildman–Crippen MR) is 96.7 cm³/mol. The number of hydrogen-bond donors (Lipinski definition) is 1. The van der Waals surface area contributed by atoms with E-state index in [2.05, 4.69) is 5.32 Å². The summed E-state index contributed by atoms with van der Waals surface area (Å²) >= 11 is 5.92. The van der Waals surface area contributed by atoms with Gasteiger partial charge in [0.05, 0.1) is 6.42 Å². The molecule has 0 unspecified atom stereocenters. The second kappa shape index (κ2) is 7.66. The van der Waals surface area contributed by atoms with Crippen molar-refractivity contribution < 1.29 is 9.53 Å². The zero-order chi connectivity index (χ0) is 16.8. The Balaban J connectivity index is 1.65. The first-order chi connectivity index (χ1) is 11.7. The lowest BCUT2D eigenvalue weighted by Crippen LogP contribution is -2.14. The molecule has 0 fully saturated rings. The van der Waals surface area contributed by atoms with Crippen LogP contribution in [0.1, 0.15) is 5.56 Å². The van der Waals surface area contributed by atoms with Crippen LogP contribution in [0, 0.1) is 0 Å². The number of amides is 1. The molecule has 0 aliphatic rings. The van der Waals surface area contributed by atoms with Crippen LogP contribution in [0.3, 0.4) is 0 Å². The summed E-state index contributed by atoms with van der Waals surface area (Å²) < 4.78 is 5.79. The van der Waals surface area contributed by atoms with Crippen molar-refractivity contribution in [2.75, 3.05) is 5.32 Å². The van der Waals surface area contributed by atoms with Gasteiger partial charge in [0, 0.05) is 10.7 Å². The fraction of sp³-hybridized carbons (Fsp3) is 0.0500. The van der Waals surface area contributed by atoms with Crippen molar-refractivity contribution in [3.8, 4) is 11.5 Å². The van der Waals surface area contributed by atoms with E-state index in [1.807, 2.05) is 54.6 Å².